The molecule has 0 unspecified atom stereocenters. The highest BCUT2D eigenvalue weighted by Crippen LogP contribution is 2.37. The highest BCUT2D eigenvalue weighted by molar-refractivity contribution is 7.09. The zero-order valence-corrected chi connectivity index (χ0v) is 14.4. The molecule has 1 atom stereocenters. The van der Waals surface area contributed by atoms with Crippen molar-refractivity contribution < 1.29 is 4.52 Å². The molecule has 3 heterocycles. The summed E-state index contributed by atoms with van der Waals surface area (Å²) in [5.41, 5.74) is 1.03. The van der Waals surface area contributed by atoms with Gasteiger partial charge in [0.25, 0.3) is 11.8 Å². The molecular weight excluding hydrogens is 324 g/mol. The van der Waals surface area contributed by atoms with Crippen LogP contribution in [0.5, 0.6) is 0 Å². The van der Waals surface area contributed by atoms with Crippen molar-refractivity contribution in [3.63, 3.8) is 0 Å². The Kier molecular flexibility index (Phi) is 3.89. The third kappa shape index (κ3) is 2.73. The second kappa shape index (κ2) is 6.20. The number of hydrogen-bond acceptors (Lipinski definition) is 8. The third-order valence-corrected chi connectivity index (χ3v) is 4.82. The monoisotopic (exact) mass is 342 g/mol. The summed E-state index contributed by atoms with van der Waals surface area (Å²) >= 11 is 1.42. The summed E-state index contributed by atoms with van der Waals surface area (Å²) in [4.78, 5) is 13.3. The quantitative estimate of drug-likeness (QED) is 0.722. The van der Waals surface area contributed by atoms with Crippen molar-refractivity contribution in [3.8, 4) is 11.4 Å². The summed E-state index contributed by atoms with van der Waals surface area (Å²) < 4.78 is 9.97. The zero-order chi connectivity index (χ0) is 16.5. The molecule has 1 aliphatic rings. The van der Waals surface area contributed by atoms with Crippen molar-refractivity contribution in [1.29, 1.82) is 0 Å². The SMILES string of the molecule is CN(C)c1noc([C@H]2CCCN2c2nc(-c3ccccc3)ns2)n1. The number of nitrogens with zero attached hydrogens (tertiary/aromatic N) is 6. The smallest absolute Gasteiger partial charge is 0.265 e. The fourth-order valence-electron chi connectivity index (χ4n) is 2.83. The Morgan fingerprint density at radius 3 is 2.79 bits per heavy atom. The first-order chi connectivity index (χ1) is 11.7. The van der Waals surface area contributed by atoms with Gasteiger partial charge in [-0.05, 0) is 18.0 Å². The van der Waals surface area contributed by atoms with Crippen LogP contribution >= 0.6 is 11.5 Å². The summed E-state index contributed by atoms with van der Waals surface area (Å²) in [5, 5.41) is 4.93. The molecule has 0 amide bonds. The highest BCUT2D eigenvalue weighted by atomic mass is 32.1. The topological polar surface area (TPSA) is 71.2 Å². The van der Waals surface area contributed by atoms with E-state index < -0.39 is 0 Å². The molecule has 8 heteroatoms. The second-order valence-electron chi connectivity index (χ2n) is 5.95. The van der Waals surface area contributed by atoms with Crippen LogP contribution in [-0.2, 0) is 0 Å². The maximum Gasteiger partial charge on any atom is 0.265 e. The van der Waals surface area contributed by atoms with Gasteiger partial charge >= 0.3 is 0 Å². The summed E-state index contributed by atoms with van der Waals surface area (Å²) in [6.07, 6.45) is 2.06. The van der Waals surface area contributed by atoms with Gasteiger partial charge in [0.2, 0.25) is 5.13 Å². The Hall–Kier alpha value is -2.48. The molecule has 24 heavy (non-hydrogen) atoms. The van der Waals surface area contributed by atoms with Crippen molar-refractivity contribution >= 4 is 22.6 Å². The van der Waals surface area contributed by atoms with E-state index in [1.165, 1.54) is 11.5 Å². The van der Waals surface area contributed by atoms with Gasteiger partial charge in [-0.15, -0.1) is 0 Å². The van der Waals surface area contributed by atoms with Gasteiger partial charge < -0.3 is 14.3 Å². The van der Waals surface area contributed by atoms with Gasteiger partial charge in [0.05, 0.1) is 0 Å². The number of hydrogen-bond donors (Lipinski definition) is 0. The van der Waals surface area contributed by atoms with Gasteiger partial charge in [0.15, 0.2) is 5.82 Å². The first kappa shape index (κ1) is 15.1. The van der Waals surface area contributed by atoms with E-state index in [9.17, 15) is 0 Å². The van der Waals surface area contributed by atoms with E-state index in [1.807, 2.05) is 49.3 Å². The average Bonchev–Trinajstić information content (AvgIpc) is 3.33. The Labute approximate surface area is 144 Å². The molecular formula is C16H18N6OS. The molecule has 0 saturated carbocycles. The minimum absolute atomic E-state index is 0.0720. The standard InChI is InChI=1S/C16H18N6OS/c1-21(2)15-18-14(23-19-15)12-9-6-10-22(12)16-17-13(20-24-16)11-7-4-3-5-8-11/h3-5,7-8,12H,6,9-10H2,1-2H3/t12-/m1/s1. The number of rotatable bonds is 4. The van der Waals surface area contributed by atoms with Crippen LogP contribution in [0.2, 0.25) is 0 Å². The van der Waals surface area contributed by atoms with Gasteiger partial charge in [-0.3, -0.25) is 0 Å². The van der Waals surface area contributed by atoms with Crippen LogP contribution in [0.1, 0.15) is 24.8 Å². The first-order valence-electron chi connectivity index (χ1n) is 7.89. The molecule has 1 aromatic carbocycles. The van der Waals surface area contributed by atoms with Gasteiger partial charge in [-0.25, -0.2) is 0 Å². The number of benzene rings is 1. The summed E-state index contributed by atoms with van der Waals surface area (Å²) in [6.45, 7) is 0.924. The largest absolute Gasteiger partial charge is 0.344 e. The summed E-state index contributed by atoms with van der Waals surface area (Å²) in [7, 11) is 3.80. The van der Waals surface area contributed by atoms with E-state index in [-0.39, 0.29) is 6.04 Å². The molecule has 2 aromatic heterocycles. The molecule has 3 aromatic rings. The Morgan fingerprint density at radius 2 is 2.04 bits per heavy atom. The van der Waals surface area contributed by atoms with Crippen molar-refractivity contribution in [2.24, 2.45) is 0 Å². The molecule has 0 N–H and O–H groups in total. The van der Waals surface area contributed by atoms with Crippen LogP contribution in [0.25, 0.3) is 11.4 Å². The number of aromatic nitrogens is 4. The Balaban J connectivity index is 1.60. The minimum Gasteiger partial charge on any atom is -0.344 e. The molecule has 124 valence electrons. The van der Waals surface area contributed by atoms with Gasteiger partial charge in [0, 0.05) is 37.7 Å². The molecule has 1 saturated heterocycles. The van der Waals surface area contributed by atoms with E-state index in [1.54, 1.807) is 0 Å². The maximum atomic E-state index is 5.47. The van der Waals surface area contributed by atoms with Crippen molar-refractivity contribution in [3.05, 3.63) is 36.2 Å². The van der Waals surface area contributed by atoms with Crippen molar-refractivity contribution in [2.45, 2.75) is 18.9 Å². The van der Waals surface area contributed by atoms with E-state index in [0.29, 0.717) is 11.8 Å². The van der Waals surface area contributed by atoms with Crippen LogP contribution < -0.4 is 9.80 Å². The van der Waals surface area contributed by atoms with Gasteiger partial charge in [-0.2, -0.15) is 14.3 Å². The molecule has 0 aliphatic carbocycles. The lowest BCUT2D eigenvalue weighted by molar-refractivity contribution is 0.354. The lowest BCUT2D eigenvalue weighted by atomic mass is 10.2. The molecule has 1 aliphatic heterocycles. The Bertz CT molecular complexity index is 815. The minimum atomic E-state index is 0.0720. The predicted molar refractivity (Wildman–Crippen MR) is 93.3 cm³/mol. The summed E-state index contributed by atoms with van der Waals surface area (Å²) in [6, 6.07) is 10.1. The molecule has 0 radical (unpaired) electrons. The normalized spacial score (nSPS) is 17.4. The van der Waals surface area contributed by atoms with E-state index in [4.69, 9.17) is 9.51 Å². The van der Waals surface area contributed by atoms with Gasteiger partial charge in [0.1, 0.15) is 6.04 Å². The number of anilines is 2. The molecule has 1 fully saturated rings. The van der Waals surface area contributed by atoms with Crippen LogP contribution in [0.4, 0.5) is 11.1 Å². The fourth-order valence-corrected chi connectivity index (χ4v) is 3.60. The van der Waals surface area contributed by atoms with E-state index >= 15 is 0 Å². The van der Waals surface area contributed by atoms with E-state index in [2.05, 4.69) is 19.4 Å². The lowest BCUT2D eigenvalue weighted by Gasteiger charge is -2.19. The van der Waals surface area contributed by atoms with E-state index in [0.717, 1.165) is 35.9 Å². The van der Waals surface area contributed by atoms with Crippen LogP contribution in [-0.4, -0.2) is 40.1 Å². The van der Waals surface area contributed by atoms with Crippen LogP contribution in [0, 0.1) is 0 Å². The third-order valence-electron chi connectivity index (χ3n) is 4.06. The molecule has 0 spiro atoms. The van der Waals surface area contributed by atoms with Crippen molar-refractivity contribution in [2.75, 3.05) is 30.4 Å². The summed E-state index contributed by atoms with van der Waals surface area (Å²) in [5.74, 6) is 2.01. The van der Waals surface area contributed by atoms with Crippen LogP contribution in [0.15, 0.2) is 34.9 Å². The van der Waals surface area contributed by atoms with Gasteiger partial charge in [-0.1, -0.05) is 30.3 Å². The molecule has 0 bridgehead atoms. The van der Waals surface area contributed by atoms with Crippen LogP contribution in [0.3, 0.4) is 0 Å². The van der Waals surface area contributed by atoms with Crippen molar-refractivity contribution in [1.82, 2.24) is 19.5 Å². The zero-order valence-electron chi connectivity index (χ0n) is 13.6. The molecule has 7 nitrogen and oxygen atoms in total. The lowest BCUT2D eigenvalue weighted by Crippen LogP contribution is -2.22. The molecule has 4 rings (SSSR count). The Morgan fingerprint density at radius 1 is 1.21 bits per heavy atom. The maximum absolute atomic E-state index is 5.47. The first-order valence-corrected chi connectivity index (χ1v) is 8.66. The average molecular weight is 342 g/mol. The predicted octanol–water partition coefficient (Wildman–Crippen LogP) is 3.00. The fraction of sp³-hybridized carbons (Fsp3) is 0.375. The highest BCUT2D eigenvalue weighted by Gasteiger charge is 2.33. The second-order valence-corrected chi connectivity index (χ2v) is 6.68.